The Balaban J connectivity index is 2.11. The molecule has 0 spiro atoms. The van der Waals surface area contributed by atoms with Gasteiger partial charge in [0.25, 0.3) is 0 Å². The second kappa shape index (κ2) is 5.58. The lowest BCUT2D eigenvalue weighted by molar-refractivity contribution is 0.280. The third-order valence-electron chi connectivity index (χ3n) is 3.05. The van der Waals surface area contributed by atoms with Crippen molar-refractivity contribution >= 4 is 0 Å². The van der Waals surface area contributed by atoms with Crippen LogP contribution in [0.4, 0.5) is 0 Å². The molecule has 1 rings (SSSR count). The van der Waals surface area contributed by atoms with E-state index in [0.717, 1.165) is 12.0 Å². The van der Waals surface area contributed by atoms with E-state index >= 15 is 0 Å². The molecule has 0 amide bonds. The van der Waals surface area contributed by atoms with Gasteiger partial charge in [-0.25, -0.2) is 0 Å². The topological polar surface area (TPSA) is 12.0 Å². The summed E-state index contributed by atoms with van der Waals surface area (Å²) in [6.07, 6.45) is 8.38. The Morgan fingerprint density at radius 3 is 2.67 bits per heavy atom. The van der Waals surface area contributed by atoms with E-state index < -0.39 is 0 Å². The molecular formula is C11H23N. The maximum Gasteiger partial charge on any atom is 0.00926 e. The van der Waals surface area contributed by atoms with E-state index in [1.165, 1.54) is 45.1 Å². The van der Waals surface area contributed by atoms with Crippen LogP contribution in [0.15, 0.2) is 0 Å². The molecule has 1 nitrogen and oxygen atoms in total. The van der Waals surface area contributed by atoms with Gasteiger partial charge in [0.05, 0.1) is 0 Å². The molecule has 1 saturated carbocycles. The summed E-state index contributed by atoms with van der Waals surface area (Å²) in [7, 11) is 0. The van der Waals surface area contributed by atoms with E-state index in [1.807, 2.05) is 0 Å². The van der Waals surface area contributed by atoms with Crippen molar-refractivity contribution in [2.75, 3.05) is 6.54 Å². The van der Waals surface area contributed by atoms with Crippen molar-refractivity contribution in [3.8, 4) is 0 Å². The number of nitrogens with one attached hydrogen (secondary N) is 1. The van der Waals surface area contributed by atoms with Gasteiger partial charge in [-0.1, -0.05) is 33.1 Å². The summed E-state index contributed by atoms with van der Waals surface area (Å²) in [6, 6.07) is 0.824. The van der Waals surface area contributed by atoms with Crippen molar-refractivity contribution in [1.29, 1.82) is 0 Å². The molecule has 2 atom stereocenters. The Labute approximate surface area is 76.9 Å². The second-order valence-electron chi connectivity index (χ2n) is 4.18. The van der Waals surface area contributed by atoms with Crippen LogP contribution in [-0.4, -0.2) is 12.6 Å². The quantitative estimate of drug-likeness (QED) is 0.638. The number of rotatable bonds is 4. The highest BCUT2D eigenvalue weighted by Crippen LogP contribution is 2.23. The summed E-state index contributed by atoms with van der Waals surface area (Å²) in [6.45, 7) is 5.88. The molecule has 12 heavy (non-hydrogen) atoms. The molecule has 0 aromatic rings. The summed E-state index contributed by atoms with van der Waals surface area (Å²) in [5, 5.41) is 3.67. The molecule has 0 aliphatic heterocycles. The Hall–Kier alpha value is -0.0400. The fourth-order valence-electron chi connectivity index (χ4n) is 2.08. The van der Waals surface area contributed by atoms with E-state index in [-0.39, 0.29) is 0 Å². The summed E-state index contributed by atoms with van der Waals surface area (Å²) in [5.41, 5.74) is 0. The molecule has 0 bridgehead atoms. The van der Waals surface area contributed by atoms with Crippen LogP contribution in [0.3, 0.4) is 0 Å². The second-order valence-corrected chi connectivity index (χ2v) is 4.18. The number of hydrogen-bond acceptors (Lipinski definition) is 1. The maximum absolute atomic E-state index is 3.67. The standard InChI is InChI=1S/C11H23N/c1-3-4-9-12-11-8-6-5-7-10(11)2/h10-12H,3-9H2,1-2H3/t10-,11+/m0/s1. The monoisotopic (exact) mass is 169 g/mol. The lowest BCUT2D eigenvalue weighted by atomic mass is 9.86. The molecular weight excluding hydrogens is 146 g/mol. The van der Waals surface area contributed by atoms with Crippen molar-refractivity contribution in [3.63, 3.8) is 0 Å². The van der Waals surface area contributed by atoms with Crippen molar-refractivity contribution in [1.82, 2.24) is 5.32 Å². The lowest BCUT2D eigenvalue weighted by Crippen LogP contribution is -2.37. The first kappa shape index (κ1) is 10.0. The highest BCUT2D eigenvalue weighted by molar-refractivity contribution is 4.77. The van der Waals surface area contributed by atoms with Crippen molar-refractivity contribution in [2.24, 2.45) is 5.92 Å². The maximum atomic E-state index is 3.67. The summed E-state index contributed by atoms with van der Waals surface area (Å²) < 4.78 is 0. The molecule has 1 fully saturated rings. The third kappa shape index (κ3) is 3.14. The molecule has 72 valence electrons. The molecule has 0 aromatic carbocycles. The van der Waals surface area contributed by atoms with Gasteiger partial charge in [-0.3, -0.25) is 0 Å². The van der Waals surface area contributed by atoms with Crippen molar-refractivity contribution < 1.29 is 0 Å². The molecule has 0 aromatic heterocycles. The first-order chi connectivity index (χ1) is 5.84. The average Bonchev–Trinajstić information content (AvgIpc) is 2.09. The Morgan fingerprint density at radius 1 is 1.25 bits per heavy atom. The van der Waals surface area contributed by atoms with Crippen LogP contribution in [0.25, 0.3) is 0 Å². The lowest BCUT2D eigenvalue weighted by Gasteiger charge is -2.29. The SMILES string of the molecule is CCCCN[C@@H]1CCCC[C@@H]1C. The van der Waals surface area contributed by atoms with E-state index in [0.29, 0.717) is 0 Å². The van der Waals surface area contributed by atoms with Gasteiger partial charge in [0.1, 0.15) is 0 Å². The molecule has 1 heteroatoms. The first-order valence-corrected chi connectivity index (χ1v) is 5.58. The number of unbranched alkanes of at least 4 members (excludes halogenated alkanes) is 1. The van der Waals surface area contributed by atoms with E-state index in [1.54, 1.807) is 0 Å². The Bertz CT molecular complexity index is 112. The Kier molecular flexibility index (Phi) is 4.67. The molecule has 1 aliphatic rings. The minimum Gasteiger partial charge on any atom is -0.314 e. The van der Waals surface area contributed by atoms with Gasteiger partial charge in [0, 0.05) is 6.04 Å². The fraction of sp³-hybridized carbons (Fsp3) is 1.00. The Morgan fingerprint density at radius 2 is 2.00 bits per heavy atom. The van der Waals surface area contributed by atoms with Crippen LogP contribution in [0.5, 0.6) is 0 Å². The van der Waals surface area contributed by atoms with Gasteiger partial charge >= 0.3 is 0 Å². The fourth-order valence-corrected chi connectivity index (χ4v) is 2.08. The van der Waals surface area contributed by atoms with Gasteiger partial charge in [0.2, 0.25) is 0 Å². The summed E-state index contributed by atoms with van der Waals surface area (Å²) in [4.78, 5) is 0. The van der Waals surface area contributed by atoms with Gasteiger partial charge in [-0.2, -0.15) is 0 Å². The highest BCUT2D eigenvalue weighted by atomic mass is 14.9. The van der Waals surface area contributed by atoms with E-state index in [4.69, 9.17) is 0 Å². The molecule has 1 N–H and O–H groups in total. The third-order valence-corrected chi connectivity index (χ3v) is 3.05. The molecule has 0 heterocycles. The van der Waals surface area contributed by atoms with Crippen LogP contribution in [0.2, 0.25) is 0 Å². The zero-order valence-electron chi connectivity index (χ0n) is 8.60. The van der Waals surface area contributed by atoms with Crippen LogP contribution in [-0.2, 0) is 0 Å². The van der Waals surface area contributed by atoms with Crippen LogP contribution >= 0.6 is 0 Å². The smallest absolute Gasteiger partial charge is 0.00926 e. The van der Waals surface area contributed by atoms with Crippen LogP contribution < -0.4 is 5.32 Å². The van der Waals surface area contributed by atoms with Crippen LogP contribution in [0, 0.1) is 5.92 Å². The van der Waals surface area contributed by atoms with Crippen molar-refractivity contribution in [3.05, 3.63) is 0 Å². The van der Waals surface area contributed by atoms with Gasteiger partial charge in [0.15, 0.2) is 0 Å². The number of hydrogen-bond donors (Lipinski definition) is 1. The summed E-state index contributed by atoms with van der Waals surface area (Å²) in [5.74, 6) is 0.913. The minimum absolute atomic E-state index is 0.824. The van der Waals surface area contributed by atoms with Crippen molar-refractivity contribution in [2.45, 2.75) is 58.4 Å². The van der Waals surface area contributed by atoms with Crippen LogP contribution in [0.1, 0.15) is 52.4 Å². The molecule has 0 unspecified atom stereocenters. The summed E-state index contributed by atoms with van der Waals surface area (Å²) >= 11 is 0. The first-order valence-electron chi connectivity index (χ1n) is 5.58. The van der Waals surface area contributed by atoms with E-state index in [9.17, 15) is 0 Å². The molecule has 0 radical (unpaired) electrons. The normalized spacial score (nSPS) is 30.5. The minimum atomic E-state index is 0.824. The molecule has 1 aliphatic carbocycles. The van der Waals surface area contributed by atoms with Gasteiger partial charge < -0.3 is 5.32 Å². The van der Waals surface area contributed by atoms with Gasteiger partial charge in [-0.15, -0.1) is 0 Å². The highest BCUT2D eigenvalue weighted by Gasteiger charge is 2.19. The molecule has 0 saturated heterocycles. The van der Waals surface area contributed by atoms with E-state index in [2.05, 4.69) is 19.2 Å². The van der Waals surface area contributed by atoms with Gasteiger partial charge in [-0.05, 0) is 31.7 Å². The average molecular weight is 169 g/mol. The largest absolute Gasteiger partial charge is 0.314 e. The zero-order valence-corrected chi connectivity index (χ0v) is 8.60. The zero-order chi connectivity index (χ0) is 8.81. The predicted molar refractivity (Wildman–Crippen MR) is 54.3 cm³/mol. The predicted octanol–water partition coefficient (Wildman–Crippen LogP) is 2.95.